The van der Waals surface area contributed by atoms with Gasteiger partial charge in [0.1, 0.15) is 11.3 Å². The number of amides is 1. The molecule has 3 aromatic carbocycles. The second kappa shape index (κ2) is 8.57. The summed E-state index contributed by atoms with van der Waals surface area (Å²) in [5.41, 5.74) is 1.06. The van der Waals surface area contributed by atoms with E-state index < -0.39 is 12.1 Å². The smallest absolute Gasteiger partial charge is 0.342 e. The number of benzene rings is 3. The summed E-state index contributed by atoms with van der Waals surface area (Å²) in [5.74, 6) is -0.451. The van der Waals surface area contributed by atoms with Crippen molar-refractivity contribution in [2.75, 3.05) is 18.6 Å². The topological polar surface area (TPSA) is 55.8 Å². The maximum Gasteiger partial charge on any atom is 0.342 e. The lowest BCUT2D eigenvalue weighted by molar-refractivity contribution is -0.126. The van der Waals surface area contributed by atoms with Crippen molar-refractivity contribution in [2.24, 2.45) is 0 Å². The van der Waals surface area contributed by atoms with Gasteiger partial charge in [-0.1, -0.05) is 42.5 Å². The van der Waals surface area contributed by atoms with Gasteiger partial charge in [-0.25, -0.2) is 4.79 Å². The molecular formula is C23H23NO4. The summed E-state index contributed by atoms with van der Waals surface area (Å²) >= 11 is 0. The number of ether oxygens (including phenoxy) is 2. The Hall–Kier alpha value is -3.34. The van der Waals surface area contributed by atoms with Gasteiger partial charge >= 0.3 is 5.97 Å². The van der Waals surface area contributed by atoms with Crippen LogP contribution in [0.4, 0.5) is 5.69 Å². The number of esters is 1. The monoisotopic (exact) mass is 377 g/mol. The average Bonchev–Trinajstić information content (AvgIpc) is 2.73. The molecule has 0 radical (unpaired) electrons. The molecule has 0 aliphatic carbocycles. The Morgan fingerprint density at radius 3 is 2.18 bits per heavy atom. The number of rotatable bonds is 6. The van der Waals surface area contributed by atoms with Crippen molar-refractivity contribution in [1.29, 1.82) is 0 Å². The summed E-state index contributed by atoms with van der Waals surface area (Å²) in [5, 5.41) is 1.86. The zero-order valence-electron chi connectivity index (χ0n) is 16.2. The van der Waals surface area contributed by atoms with Crippen LogP contribution in [0.15, 0.2) is 66.7 Å². The molecule has 1 amide bonds. The van der Waals surface area contributed by atoms with Crippen molar-refractivity contribution in [2.45, 2.75) is 20.0 Å². The zero-order chi connectivity index (χ0) is 20.1. The van der Waals surface area contributed by atoms with Crippen LogP contribution in [0.3, 0.4) is 0 Å². The third kappa shape index (κ3) is 3.98. The van der Waals surface area contributed by atoms with Crippen LogP contribution in [0.2, 0.25) is 0 Å². The maximum atomic E-state index is 12.8. The Morgan fingerprint density at radius 1 is 0.964 bits per heavy atom. The van der Waals surface area contributed by atoms with Gasteiger partial charge in [0, 0.05) is 12.2 Å². The summed E-state index contributed by atoms with van der Waals surface area (Å²) in [6.45, 7) is 3.94. The summed E-state index contributed by atoms with van der Waals surface area (Å²) in [6.07, 6.45) is -0.927. The van der Waals surface area contributed by atoms with E-state index in [4.69, 9.17) is 9.47 Å². The Kier molecular flexibility index (Phi) is 5.94. The van der Waals surface area contributed by atoms with E-state index in [1.54, 1.807) is 24.0 Å². The van der Waals surface area contributed by atoms with Crippen molar-refractivity contribution in [3.05, 3.63) is 72.3 Å². The van der Waals surface area contributed by atoms with E-state index in [2.05, 4.69) is 0 Å². The largest absolute Gasteiger partial charge is 0.496 e. The van der Waals surface area contributed by atoms with E-state index in [0.29, 0.717) is 17.9 Å². The molecule has 3 rings (SSSR count). The van der Waals surface area contributed by atoms with Crippen LogP contribution in [0.1, 0.15) is 24.2 Å². The molecule has 0 heterocycles. The first kappa shape index (κ1) is 19.4. The van der Waals surface area contributed by atoms with E-state index in [0.717, 1.165) is 16.5 Å². The highest BCUT2D eigenvalue weighted by Crippen LogP contribution is 2.27. The molecule has 0 aliphatic heterocycles. The minimum atomic E-state index is -0.927. The van der Waals surface area contributed by atoms with E-state index in [9.17, 15) is 9.59 Å². The number of carbonyl (C=O) groups excluding carboxylic acids is 2. The van der Waals surface area contributed by atoms with Crippen LogP contribution in [0.5, 0.6) is 5.75 Å². The Balaban J connectivity index is 1.82. The first-order valence-electron chi connectivity index (χ1n) is 9.19. The third-order valence-electron chi connectivity index (χ3n) is 4.57. The van der Waals surface area contributed by atoms with E-state index in [1.807, 2.05) is 61.5 Å². The second-order valence-electron chi connectivity index (χ2n) is 6.37. The van der Waals surface area contributed by atoms with E-state index in [-0.39, 0.29) is 5.91 Å². The number of fused-ring (bicyclic) bond motifs is 1. The number of nitrogens with zero attached hydrogens (tertiary/aromatic N) is 1. The van der Waals surface area contributed by atoms with Gasteiger partial charge in [0.05, 0.1) is 7.11 Å². The zero-order valence-corrected chi connectivity index (χ0v) is 16.2. The lowest BCUT2D eigenvalue weighted by Crippen LogP contribution is -2.40. The lowest BCUT2D eigenvalue weighted by Gasteiger charge is -2.24. The number of hydrogen-bond acceptors (Lipinski definition) is 4. The van der Waals surface area contributed by atoms with Gasteiger partial charge in [0.15, 0.2) is 6.10 Å². The molecule has 28 heavy (non-hydrogen) atoms. The molecule has 5 nitrogen and oxygen atoms in total. The van der Waals surface area contributed by atoms with Crippen molar-refractivity contribution >= 4 is 28.3 Å². The number of likely N-dealkylation sites (N-methyl/N-ethyl adjacent to an activating group) is 1. The van der Waals surface area contributed by atoms with Gasteiger partial charge in [-0.2, -0.15) is 0 Å². The lowest BCUT2D eigenvalue weighted by atomic mass is 10.1. The standard InChI is InChI=1S/C23H23NO4/c1-4-24(19-12-6-5-7-13-19)22(25)16(2)28-23(26)20-14-17-10-8-9-11-18(17)15-21(20)27-3/h5-16H,4H2,1-3H3/t16-/m0/s1. The summed E-state index contributed by atoms with van der Waals surface area (Å²) in [4.78, 5) is 27.2. The number of hydrogen-bond donors (Lipinski definition) is 0. The normalized spacial score (nSPS) is 11.7. The predicted molar refractivity (Wildman–Crippen MR) is 110 cm³/mol. The van der Waals surface area contributed by atoms with Crippen LogP contribution in [0, 0.1) is 0 Å². The summed E-state index contributed by atoms with van der Waals surface area (Å²) in [7, 11) is 1.50. The summed E-state index contributed by atoms with van der Waals surface area (Å²) in [6, 6.07) is 20.5. The van der Waals surface area contributed by atoms with Crippen LogP contribution in [0.25, 0.3) is 10.8 Å². The molecule has 0 unspecified atom stereocenters. The molecule has 0 spiro atoms. The highest BCUT2D eigenvalue weighted by atomic mass is 16.5. The number of para-hydroxylation sites is 1. The van der Waals surface area contributed by atoms with Gasteiger partial charge in [-0.05, 0) is 48.9 Å². The number of anilines is 1. The van der Waals surface area contributed by atoms with Crippen LogP contribution >= 0.6 is 0 Å². The molecule has 5 heteroatoms. The van der Waals surface area contributed by atoms with Gasteiger partial charge in [0.2, 0.25) is 0 Å². The van der Waals surface area contributed by atoms with Crippen molar-refractivity contribution in [1.82, 2.24) is 0 Å². The molecule has 0 bridgehead atoms. The molecule has 0 aromatic heterocycles. The fourth-order valence-corrected chi connectivity index (χ4v) is 3.12. The van der Waals surface area contributed by atoms with E-state index in [1.165, 1.54) is 7.11 Å². The van der Waals surface area contributed by atoms with E-state index >= 15 is 0 Å². The highest BCUT2D eigenvalue weighted by Gasteiger charge is 2.26. The predicted octanol–water partition coefficient (Wildman–Crippen LogP) is 4.45. The molecule has 0 saturated heterocycles. The number of carbonyl (C=O) groups is 2. The minimum absolute atomic E-state index is 0.276. The molecule has 1 atom stereocenters. The molecule has 0 N–H and O–H groups in total. The first-order chi connectivity index (χ1) is 13.5. The summed E-state index contributed by atoms with van der Waals surface area (Å²) < 4.78 is 10.8. The van der Waals surface area contributed by atoms with Gasteiger partial charge in [-0.3, -0.25) is 4.79 Å². The molecule has 0 aliphatic rings. The molecule has 144 valence electrons. The van der Waals surface area contributed by atoms with Crippen LogP contribution in [-0.4, -0.2) is 31.6 Å². The molecule has 3 aromatic rings. The first-order valence-corrected chi connectivity index (χ1v) is 9.19. The number of methoxy groups -OCH3 is 1. The van der Waals surface area contributed by atoms with Gasteiger partial charge < -0.3 is 14.4 Å². The third-order valence-corrected chi connectivity index (χ3v) is 4.57. The van der Waals surface area contributed by atoms with Crippen molar-refractivity contribution < 1.29 is 19.1 Å². The van der Waals surface area contributed by atoms with Crippen molar-refractivity contribution in [3.8, 4) is 5.75 Å². The fourth-order valence-electron chi connectivity index (χ4n) is 3.12. The minimum Gasteiger partial charge on any atom is -0.496 e. The average molecular weight is 377 g/mol. The quantitative estimate of drug-likeness (QED) is 0.596. The molecule has 0 fully saturated rings. The second-order valence-corrected chi connectivity index (χ2v) is 6.37. The molecular weight excluding hydrogens is 354 g/mol. The SMILES string of the molecule is CCN(C(=O)[C@H](C)OC(=O)c1cc2ccccc2cc1OC)c1ccccc1. The Labute approximate surface area is 164 Å². The van der Waals surface area contributed by atoms with Gasteiger partial charge in [-0.15, -0.1) is 0 Å². The van der Waals surface area contributed by atoms with Gasteiger partial charge in [0.25, 0.3) is 5.91 Å². The Bertz CT molecular complexity index is 984. The highest BCUT2D eigenvalue weighted by molar-refractivity contribution is 6.02. The fraction of sp³-hybridized carbons (Fsp3) is 0.217. The maximum absolute atomic E-state index is 12.8. The molecule has 0 saturated carbocycles. The van der Waals surface area contributed by atoms with Crippen LogP contribution < -0.4 is 9.64 Å². The van der Waals surface area contributed by atoms with Crippen LogP contribution in [-0.2, 0) is 9.53 Å². The Morgan fingerprint density at radius 2 is 1.57 bits per heavy atom. The van der Waals surface area contributed by atoms with Crippen molar-refractivity contribution in [3.63, 3.8) is 0 Å².